The SMILES string of the molecule is COc1ccc(C2C(C(=O)Nc3ccc(F)cc3)C(C)=Nc3nc(CCCO)nn32)cc1OC. The van der Waals surface area contributed by atoms with E-state index in [0.29, 0.717) is 47.5 Å². The summed E-state index contributed by atoms with van der Waals surface area (Å²) < 4.78 is 25.8. The van der Waals surface area contributed by atoms with E-state index in [1.807, 2.05) is 6.07 Å². The number of hydrogen-bond donors (Lipinski definition) is 2. The van der Waals surface area contributed by atoms with Crippen LogP contribution in [0.2, 0.25) is 0 Å². The summed E-state index contributed by atoms with van der Waals surface area (Å²) in [4.78, 5) is 22.5. The zero-order valence-electron chi connectivity index (χ0n) is 19.2. The Morgan fingerprint density at radius 3 is 2.56 bits per heavy atom. The summed E-state index contributed by atoms with van der Waals surface area (Å²) in [6.45, 7) is 1.79. The summed E-state index contributed by atoms with van der Waals surface area (Å²) in [6, 6.07) is 10.4. The highest BCUT2D eigenvalue weighted by molar-refractivity contribution is 6.10. The van der Waals surface area contributed by atoms with E-state index < -0.39 is 12.0 Å². The minimum atomic E-state index is -0.719. The van der Waals surface area contributed by atoms with E-state index in [9.17, 15) is 14.3 Å². The summed E-state index contributed by atoms with van der Waals surface area (Å²) in [5.74, 6) is 0.567. The monoisotopic (exact) mass is 467 g/mol. The quantitative estimate of drug-likeness (QED) is 0.526. The molecule has 2 atom stereocenters. The smallest absolute Gasteiger partial charge is 0.248 e. The molecule has 0 saturated heterocycles. The Hall–Kier alpha value is -3.79. The Labute approximate surface area is 196 Å². The molecule has 0 radical (unpaired) electrons. The fourth-order valence-electron chi connectivity index (χ4n) is 4.02. The molecule has 1 aromatic heterocycles. The Bertz CT molecular complexity index is 1210. The first-order chi connectivity index (χ1) is 16.4. The first kappa shape index (κ1) is 23.4. The van der Waals surface area contributed by atoms with Crippen LogP contribution in [0.5, 0.6) is 11.5 Å². The molecule has 0 fully saturated rings. The van der Waals surface area contributed by atoms with E-state index in [-0.39, 0.29) is 18.3 Å². The maximum absolute atomic E-state index is 13.5. The third kappa shape index (κ3) is 4.62. The number of aliphatic hydroxyl groups excluding tert-OH is 1. The molecule has 34 heavy (non-hydrogen) atoms. The average Bonchev–Trinajstić information content (AvgIpc) is 3.24. The van der Waals surface area contributed by atoms with Crippen LogP contribution in [0.25, 0.3) is 0 Å². The number of fused-ring (bicyclic) bond motifs is 1. The van der Waals surface area contributed by atoms with Gasteiger partial charge in [0.2, 0.25) is 11.9 Å². The number of carbonyl (C=O) groups is 1. The van der Waals surface area contributed by atoms with Crippen LogP contribution in [0, 0.1) is 11.7 Å². The lowest BCUT2D eigenvalue weighted by Crippen LogP contribution is -2.39. The molecule has 0 spiro atoms. The van der Waals surface area contributed by atoms with Crippen molar-refractivity contribution in [1.29, 1.82) is 0 Å². The van der Waals surface area contributed by atoms with Crippen molar-refractivity contribution in [3.8, 4) is 11.5 Å². The van der Waals surface area contributed by atoms with Gasteiger partial charge in [0, 0.05) is 24.4 Å². The van der Waals surface area contributed by atoms with Gasteiger partial charge >= 0.3 is 0 Å². The van der Waals surface area contributed by atoms with E-state index >= 15 is 0 Å². The van der Waals surface area contributed by atoms with Gasteiger partial charge in [-0.25, -0.2) is 14.1 Å². The maximum Gasteiger partial charge on any atom is 0.248 e. The number of methoxy groups -OCH3 is 2. The number of hydrogen-bond acceptors (Lipinski definition) is 7. The molecule has 1 amide bonds. The number of amides is 1. The van der Waals surface area contributed by atoms with Crippen LogP contribution in [0.1, 0.15) is 30.8 Å². The third-order valence-corrected chi connectivity index (χ3v) is 5.66. The number of rotatable bonds is 8. The second-order valence-electron chi connectivity index (χ2n) is 7.89. The van der Waals surface area contributed by atoms with E-state index in [1.165, 1.54) is 24.3 Å². The molecule has 2 unspecified atom stereocenters. The first-order valence-electron chi connectivity index (χ1n) is 10.8. The van der Waals surface area contributed by atoms with Gasteiger partial charge in [-0.05, 0) is 55.3 Å². The fraction of sp³-hybridized carbons (Fsp3) is 0.333. The van der Waals surface area contributed by atoms with Gasteiger partial charge in [0.25, 0.3) is 0 Å². The molecule has 2 heterocycles. The predicted octanol–water partition coefficient (Wildman–Crippen LogP) is 3.31. The van der Waals surface area contributed by atoms with Gasteiger partial charge in [0.15, 0.2) is 17.3 Å². The zero-order chi connectivity index (χ0) is 24.2. The second kappa shape index (κ2) is 10.0. The standard InChI is InChI=1S/C24H26FN5O4/c1-14-21(23(32)27-17-9-7-16(25)8-10-17)22(15-6-11-18(33-2)19(13-15)34-3)30-24(26-14)28-20(29-30)5-4-12-31/h6-11,13,21-22,31H,4-5,12H2,1-3H3,(H,27,32). The van der Waals surface area contributed by atoms with Crippen LogP contribution in [0.4, 0.5) is 16.0 Å². The van der Waals surface area contributed by atoms with E-state index in [4.69, 9.17) is 9.47 Å². The van der Waals surface area contributed by atoms with Crippen molar-refractivity contribution in [2.75, 3.05) is 26.1 Å². The first-order valence-corrected chi connectivity index (χ1v) is 10.8. The number of benzene rings is 2. The number of nitrogens with one attached hydrogen (secondary N) is 1. The van der Waals surface area contributed by atoms with Gasteiger partial charge in [-0.2, -0.15) is 10.1 Å². The molecule has 0 saturated carbocycles. The van der Waals surface area contributed by atoms with Crippen molar-refractivity contribution in [3.63, 3.8) is 0 Å². The highest BCUT2D eigenvalue weighted by atomic mass is 19.1. The molecule has 0 bridgehead atoms. The highest BCUT2D eigenvalue weighted by Gasteiger charge is 2.39. The molecule has 1 aliphatic heterocycles. The van der Waals surface area contributed by atoms with Gasteiger partial charge in [-0.3, -0.25) is 4.79 Å². The number of aromatic nitrogens is 3. The van der Waals surface area contributed by atoms with Crippen molar-refractivity contribution in [1.82, 2.24) is 14.8 Å². The second-order valence-corrected chi connectivity index (χ2v) is 7.89. The third-order valence-electron chi connectivity index (χ3n) is 5.66. The number of carbonyl (C=O) groups excluding carboxylic acids is 1. The lowest BCUT2D eigenvalue weighted by molar-refractivity contribution is -0.118. The zero-order valence-corrected chi connectivity index (χ0v) is 19.2. The number of anilines is 1. The maximum atomic E-state index is 13.5. The molecular formula is C24H26FN5O4. The number of aryl methyl sites for hydroxylation is 1. The summed E-state index contributed by atoms with van der Waals surface area (Å²) in [5, 5.41) is 16.7. The van der Waals surface area contributed by atoms with Gasteiger partial charge < -0.3 is 19.9 Å². The predicted molar refractivity (Wildman–Crippen MR) is 124 cm³/mol. The van der Waals surface area contributed by atoms with Gasteiger partial charge in [-0.15, -0.1) is 0 Å². The highest BCUT2D eigenvalue weighted by Crippen LogP contribution is 2.39. The van der Waals surface area contributed by atoms with Crippen LogP contribution in [0.3, 0.4) is 0 Å². The van der Waals surface area contributed by atoms with Crippen LogP contribution in [0.15, 0.2) is 47.5 Å². The Morgan fingerprint density at radius 1 is 1.15 bits per heavy atom. The lowest BCUT2D eigenvalue weighted by Gasteiger charge is -2.30. The Morgan fingerprint density at radius 2 is 1.88 bits per heavy atom. The molecule has 2 aromatic carbocycles. The minimum Gasteiger partial charge on any atom is -0.493 e. The minimum absolute atomic E-state index is 0.0218. The fourth-order valence-corrected chi connectivity index (χ4v) is 4.02. The summed E-state index contributed by atoms with van der Waals surface area (Å²) in [7, 11) is 3.10. The molecule has 10 heteroatoms. The van der Waals surface area contributed by atoms with Gasteiger partial charge in [0.1, 0.15) is 11.7 Å². The molecule has 178 valence electrons. The molecule has 2 N–H and O–H groups in total. The number of aliphatic imine (C=N–C) groups is 1. The average molecular weight is 468 g/mol. The van der Waals surface area contributed by atoms with Crippen molar-refractivity contribution in [2.45, 2.75) is 25.8 Å². The largest absolute Gasteiger partial charge is 0.493 e. The molecule has 0 aliphatic carbocycles. The van der Waals surface area contributed by atoms with E-state index in [2.05, 4.69) is 20.4 Å². The van der Waals surface area contributed by atoms with Crippen LogP contribution in [-0.4, -0.2) is 52.3 Å². The van der Waals surface area contributed by atoms with Gasteiger partial charge in [-0.1, -0.05) is 6.07 Å². The summed E-state index contributed by atoms with van der Waals surface area (Å²) in [5.41, 5.74) is 1.79. The molecule has 4 rings (SSSR count). The normalized spacial score (nSPS) is 17.0. The van der Waals surface area contributed by atoms with E-state index in [0.717, 1.165) is 5.56 Å². The van der Waals surface area contributed by atoms with Crippen molar-refractivity contribution < 1.29 is 23.8 Å². The van der Waals surface area contributed by atoms with Crippen molar-refractivity contribution >= 4 is 23.3 Å². The van der Waals surface area contributed by atoms with Gasteiger partial charge in [0.05, 0.1) is 20.3 Å². The molecular weight excluding hydrogens is 441 g/mol. The Balaban J connectivity index is 1.78. The van der Waals surface area contributed by atoms with Crippen LogP contribution < -0.4 is 14.8 Å². The number of nitrogens with zero attached hydrogens (tertiary/aromatic N) is 4. The lowest BCUT2D eigenvalue weighted by atomic mass is 9.87. The van der Waals surface area contributed by atoms with Crippen molar-refractivity contribution in [3.05, 3.63) is 59.7 Å². The van der Waals surface area contributed by atoms with E-state index in [1.54, 1.807) is 38.0 Å². The summed E-state index contributed by atoms with van der Waals surface area (Å²) >= 11 is 0. The summed E-state index contributed by atoms with van der Waals surface area (Å²) in [6.07, 6.45) is 0.998. The number of aliphatic hydroxyl groups is 1. The topological polar surface area (TPSA) is 111 Å². The molecule has 3 aromatic rings. The Kier molecular flexibility index (Phi) is 6.87. The molecule has 1 aliphatic rings. The number of halogens is 1. The number of ether oxygens (including phenoxy) is 2. The molecule has 9 nitrogen and oxygen atoms in total. The van der Waals surface area contributed by atoms with Crippen LogP contribution >= 0.6 is 0 Å². The van der Waals surface area contributed by atoms with Crippen molar-refractivity contribution in [2.24, 2.45) is 10.9 Å². The van der Waals surface area contributed by atoms with Crippen LogP contribution in [-0.2, 0) is 11.2 Å².